The van der Waals surface area contributed by atoms with E-state index in [-0.39, 0.29) is 22.4 Å². The number of rotatable bonds is 7. The molecule has 0 spiro atoms. The molecule has 0 aromatic heterocycles. The number of hydrogen-bond donors (Lipinski definition) is 2. The van der Waals surface area contributed by atoms with Crippen molar-refractivity contribution in [2.24, 2.45) is 0 Å². The number of anilines is 1. The lowest BCUT2D eigenvalue weighted by Gasteiger charge is -2.13. The van der Waals surface area contributed by atoms with E-state index in [9.17, 15) is 18.0 Å². The molecule has 0 radical (unpaired) electrons. The van der Waals surface area contributed by atoms with Crippen LogP contribution in [0.1, 0.15) is 35.7 Å². The van der Waals surface area contributed by atoms with Gasteiger partial charge in [-0.3, -0.25) is 9.52 Å². The van der Waals surface area contributed by atoms with Crippen molar-refractivity contribution in [3.05, 3.63) is 59.7 Å². The molecule has 0 saturated heterocycles. The molecule has 3 rings (SSSR count). The number of aryl methyl sites for hydroxylation is 1. The Balaban J connectivity index is 1.65. The summed E-state index contributed by atoms with van der Waals surface area (Å²) >= 11 is 0. The lowest BCUT2D eigenvalue weighted by Crippen LogP contribution is -2.37. The van der Waals surface area contributed by atoms with Crippen LogP contribution >= 0.6 is 0 Å². The Morgan fingerprint density at radius 1 is 1.07 bits per heavy atom. The Kier molecular flexibility index (Phi) is 5.69. The SMILES string of the molecule is Cc1ccccc1NS(=O)(=O)c1ccc(C(=O)O[C@@H](C)C(=O)NC2CC2)cc1. The molecule has 0 heterocycles. The molecule has 1 aliphatic carbocycles. The quantitative estimate of drug-likeness (QED) is 0.693. The topological polar surface area (TPSA) is 102 Å². The summed E-state index contributed by atoms with van der Waals surface area (Å²) in [4.78, 5) is 24.1. The van der Waals surface area contributed by atoms with Crippen molar-refractivity contribution in [3.8, 4) is 0 Å². The number of carbonyl (C=O) groups excluding carboxylic acids is 2. The molecule has 2 N–H and O–H groups in total. The molecule has 0 bridgehead atoms. The van der Waals surface area contributed by atoms with Crippen molar-refractivity contribution in [2.45, 2.75) is 43.7 Å². The van der Waals surface area contributed by atoms with Crippen LogP contribution in [0.15, 0.2) is 53.4 Å². The maximum Gasteiger partial charge on any atom is 0.338 e. The predicted molar refractivity (Wildman–Crippen MR) is 104 cm³/mol. The first-order chi connectivity index (χ1) is 13.3. The summed E-state index contributed by atoms with van der Waals surface area (Å²) in [6.45, 7) is 3.30. The lowest BCUT2D eigenvalue weighted by atomic mass is 10.2. The van der Waals surface area contributed by atoms with E-state index in [4.69, 9.17) is 4.74 Å². The minimum Gasteiger partial charge on any atom is -0.449 e. The Hall–Kier alpha value is -2.87. The van der Waals surface area contributed by atoms with Gasteiger partial charge in [-0.2, -0.15) is 0 Å². The molecular formula is C20H22N2O5S. The average molecular weight is 402 g/mol. The van der Waals surface area contributed by atoms with E-state index < -0.39 is 22.1 Å². The van der Waals surface area contributed by atoms with Gasteiger partial charge in [0.1, 0.15) is 0 Å². The van der Waals surface area contributed by atoms with E-state index in [2.05, 4.69) is 10.0 Å². The van der Waals surface area contributed by atoms with E-state index in [0.29, 0.717) is 5.69 Å². The van der Waals surface area contributed by atoms with Gasteiger partial charge in [-0.05, 0) is 62.6 Å². The zero-order valence-electron chi connectivity index (χ0n) is 15.6. The Morgan fingerprint density at radius 2 is 1.71 bits per heavy atom. The second-order valence-corrected chi connectivity index (χ2v) is 8.46. The van der Waals surface area contributed by atoms with Crippen LogP contribution in [-0.4, -0.2) is 32.4 Å². The molecule has 148 valence electrons. The Morgan fingerprint density at radius 3 is 2.32 bits per heavy atom. The molecule has 8 heteroatoms. The summed E-state index contributed by atoms with van der Waals surface area (Å²) in [7, 11) is -3.79. The second kappa shape index (κ2) is 8.02. The average Bonchev–Trinajstić information content (AvgIpc) is 3.47. The molecule has 2 aromatic rings. The van der Waals surface area contributed by atoms with E-state index in [1.165, 1.54) is 31.2 Å². The molecule has 1 fully saturated rings. The minimum atomic E-state index is -3.79. The van der Waals surface area contributed by atoms with Crippen LogP contribution in [0.25, 0.3) is 0 Å². The Bertz CT molecular complexity index is 982. The number of esters is 1. The van der Waals surface area contributed by atoms with E-state index in [0.717, 1.165) is 18.4 Å². The van der Waals surface area contributed by atoms with Crippen LogP contribution in [0, 0.1) is 6.92 Å². The zero-order valence-corrected chi connectivity index (χ0v) is 16.5. The number of nitrogens with one attached hydrogen (secondary N) is 2. The van der Waals surface area contributed by atoms with Gasteiger partial charge in [0, 0.05) is 6.04 Å². The van der Waals surface area contributed by atoms with Crippen molar-refractivity contribution < 1.29 is 22.7 Å². The molecule has 1 saturated carbocycles. The molecule has 2 aromatic carbocycles. The third-order valence-corrected chi connectivity index (χ3v) is 5.75. The summed E-state index contributed by atoms with van der Waals surface area (Å²) in [6, 6.07) is 12.6. The normalized spacial score (nSPS) is 14.8. The molecule has 1 aliphatic rings. The summed E-state index contributed by atoms with van der Waals surface area (Å²) in [5.74, 6) is -1.02. The smallest absolute Gasteiger partial charge is 0.338 e. The number of hydrogen-bond acceptors (Lipinski definition) is 5. The van der Waals surface area contributed by atoms with Gasteiger partial charge in [-0.25, -0.2) is 13.2 Å². The van der Waals surface area contributed by atoms with Gasteiger partial charge in [-0.1, -0.05) is 18.2 Å². The maximum absolute atomic E-state index is 12.5. The zero-order chi connectivity index (χ0) is 20.3. The highest BCUT2D eigenvalue weighted by molar-refractivity contribution is 7.92. The fourth-order valence-electron chi connectivity index (χ4n) is 2.49. The third-order valence-electron chi connectivity index (χ3n) is 4.37. The van der Waals surface area contributed by atoms with Gasteiger partial charge < -0.3 is 10.1 Å². The van der Waals surface area contributed by atoms with Gasteiger partial charge >= 0.3 is 5.97 Å². The van der Waals surface area contributed by atoms with Crippen molar-refractivity contribution >= 4 is 27.6 Å². The molecule has 0 aliphatic heterocycles. The highest BCUT2D eigenvalue weighted by atomic mass is 32.2. The minimum absolute atomic E-state index is 0.0202. The summed E-state index contributed by atoms with van der Waals surface area (Å²) in [5.41, 5.74) is 1.45. The molecule has 0 unspecified atom stereocenters. The van der Waals surface area contributed by atoms with Gasteiger partial charge in [-0.15, -0.1) is 0 Å². The van der Waals surface area contributed by atoms with Crippen LogP contribution in [0.3, 0.4) is 0 Å². The van der Waals surface area contributed by atoms with Crippen LogP contribution in [0.2, 0.25) is 0 Å². The van der Waals surface area contributed by atoms with Crippen molar-refractivity contribution in [3.63, 3.8) is 0 Å². The predicted octanol–water partition coefficient (Wildman–Crippen LogP) is 2.62. The van der Waals surface area contributed by atoms with Gasteiger partial charge in [0.2, 0.25) is 0 Å². The molecular weight excluding hydrogens is 380 g/mol. The van der Waals surface area contributed by atoms with E-state index >= 15 is 0 Å². The molecule has 7 nitrogen and oxygen atoms in total. The fourth-order valence-corrected chi connectivity index (χ4v) is 3.62. The number of sulfonamides is 1. The number of ether oxygens (including phenoxy) is 1. The highest BCUT2D eigenvalue weighted by Gasteiger charge is 2.27. The van der Waals surface area contributed by atoms with Crippen molar-refractivity contribution in [1.29, 1.82) is 0 Å². The van der Waals surface area contributed by atoms with Crippen LogP contribution in [-0.2, 0) is 19.6 Å². The second-order valence-electron chi connectivity index (χ2n) is 6.78. The standard InChI is InChI=1S/C20H22N2O5S/c1-13-5-3-4-6-18(13)22-28(25,26)17-11-7-15(8-12-17)20(24)27-14(2)19(23)21-16-9-10-16/h3-8,11-12,14,16,22H,9-10H2,1-2H3,(H,21,23)/t14-/m0/s1. The maximum atomic E-state index is 12.5. The molecule has 28 heavy (non-hydrogen) atoms. The summed E-state index contributed by atoms with van der Waals surface area (Å²) < 4.78 is 32.7. The Labute approximate surface area is 164 Å². The molecule has 1 amide bonds. The first kappa shape index (κ1) is 19.9. The number of amides is 1. The summed E-state index contributed by atoms with van der Waals surface area (Å²) in [6.07, 6.45) is 0.969. The van der Waals surface area contributed by atoms with Gasteiger partial charge in [0.15, 0.2) is 6.10 Å². The third kappa shape index (κ3) is 4.89. The van der Waals surface area contributed by atoms with Crippen molar-refractivity contribution in [1.82, 2.24) is 5.32 Å². The lowest BCUT2D eigenvalue weighted by molar-refractivity contribution is -0.129. The van der Waals surface area contributed by atoms with E-state index in [1.54, 1.807) is 25.1 Å². The fraction of sp³-hybridized carbons (Fsp3) is 0.300. The monoisotopic (exact) mass is 402 g/mol. The summed E-state index contributed by atoms with van der Waals surface area (Å²) in [5, 5.41) is 2.76. The van der Waals surface area contributed by atoms with Crippen LogP contribution < -0.4 is 10.0 Å². The number of carbonyl (C=O) groups is 2. The first-order valence-electron chi connectivity index (χ1n) is 8.96. The van der Waals surface area contributed by atoms with Crippen molar-refractivity contribution in [2.75, 3.05) is 4.72 Å². The largest absolute Gasteiger partial charge is 0.449 e. The van der Waals surface area contributed by atoms with E-state index in [1.807, 2.05) is 6.07 Å². The number of benzene rings is 2. The number of para-hydroxylation sites is 1. The molecule has 1 atom stereocenters. The van der Waals surface area contributed by atoms with Crippen LogP contribution in [0.5, 0.6) is 0 Å². The van der Waals surface area contributed by atoms with Gasteiger partial charge in [0.05, 0.1) is 16.1 Å². The highest BCUT2D eigenvalue weighted by Crippen LogP contribution is 2.21. The first-order valence-corrected chi connectivity index (χ1v) is 10.4. The van der Waals surface area contributed by atoms with Gasteiger partial charge in [0.25, 0.3) is 15.9 Å². The van der Waals surface area contributed by atoms with Crippen LogP contribution in [0.4, 0.5) is 5.69 Å².